The molecule has 0 aliphatic heterocycles. The third-order valence-corrected chi connectivity index (χ3v) is 4.01. The van der Waals surface area contributed by atoms with E-state index in [1.807, 2.05) is 0 Å². The first-order valence-corrected chi connectivity index (χ1v) is 7.81. The second-order valence-electron chi connectivity index (χ2n) is 4.70. The van der Waals surface area contributed by atoms with Crippen molar-refractivity contribution in [2.24, 2.45) is 5.92 Å². The fraction of sp³-hybridized carbons (Fsp3) is 0.583. The van der Waals surface area contributed by atoms with E-state index in [1.54, 1.807) is 19.4 Å². The molecule has 1 unspecified atom stereocenters. The fourth-order valence-corrected chi connectivity index (χ4v) is 2.43. The summed E-state index contributed by atoms with van der Waals surface area (Å²) in [6.07, 6.45) is 5.15. The van der Waals surface area contributed by atoms with Gasteiger partial charge in [-0.1, -0.05) is 0 Å². The van der Waals surface area contributed by atoms with E-state index in [0.29, 0.717) is 12.5 Å². The number of rotatable bonds is 6. The summed E-state index contributed by atoms with van der Waals surface area (Å²) in [5, 5.41) is 3.44. The first kappa shape index (κ1) is 13.3. The van der Waals surface area contributed by atoms with Gasteiger partial charge in [-0.25, -0.2) is 13.4 Å². The predicted molar refractivity (Wildman–Crippen MR) is 69.4 cm³/mol. The van der Waals surface area contributed by atoms with Gasteiger partial charge in [0.15, 0.2) is 14.9 Å². The second-order valence-corrected chi connectivity index (χ2v) is 6.66. The predicted octanol–water partition coefficient (Wildman–Crippen LogP) is 1.32. The first-order chi connectivity index (χ1) is 8.50. The fourth-order valence-electron chi connectivity index (χ4n) is 1.87. The molecule has 1 saturated carbocycles. The monoisotopic (exact) mass is 270 g/mol. The summed E-state index contributed by atoms with van der Waals surface area (Å²) >= 11 is 0. The van der Waals surface area contributed by atoms with Crippen LogP contribution in [0, 0.1) is 5.92 Å². The van der Waals surface area contributed by atoms with Crippen molar-refractivity contribution in [3.05, 3.63) is 18.3 Å². The number of hydrogen-bond donors (Lipinski definition) is 1. The number of nitrogens with one attached hydrogen (secondary N) is 1. The zero-order valence-electron chi connectivity index (χ0n) is 10.6. The molecule has 6 heteroatoms. The number of sulfone groups is 1. The van der Waals surface area contributed by atoms with Gasteiger partial charge < -0.3 is 10.1 Å². The number of aromatic nitrogens is 1. The summed E-state index contributed by atoms with van der Waals surface area (Å²) in [6.45, 7) is 0.651. The highest BCUT2D eigenvalue weighted by Crippen LogP contribution is 2.34. The van der Waals surface area contributed by atoms with Gasteiger partial charge in [-0.05, 0) is 30.9 Å². The maximum atomic E-state index is 11.3. The van der Waals surface area contributed by atoms with E-state index in [4.69, 9.17) is 4.74 Å². The number of nitrogens with zero attached hydrogens (tertiary/aromatic N) is 1. The average Bonchev–Trinajstić information content (AvgIpc) is 3.12. The van der Waals surface area contributed by atoms with Crippen LogP contribution in [-0.4, -0.2) is 39.4 Å². The molecule has 1 aliphatic carbocycles. The summed E-state index contributed by atoms with van der Waals surface area (Å²) in [4.78, 5) is 3.95. The Morgan fingerprint density at radius 1 is 1.50 bits per heavy atom. The van der Waals surface area contributed by atoms with Crippen LogP contribution in [0.15, 0.2) is 23.4 Å². The Morgan fingerprint density at radius 2 is 2.22 bits per heavy atom. The van der Waals surface area contributed by atoms with Gasteiger partial charge in [0.05, 0.1) is 24.5 Å². The molecule has 0 spiro atoms. The molecule has 1 aliphatic rings. The third kappa shape index (κ3) is 3.43. The highest BCUT2D eigenvalue weighted by molar-refractivity contribution is 7.90. The van der Waals surface area contributed by atoms with Gasteiger partial charge in [0.2, 0.25) is 0 Å². The first-order valence-electron chi connectivity index (χ1n) is 5.92. The standard InChI is InChI=1S/C12H18N2O3S/c1-17-8-11(9-3-4-9)14-10-5-6-12(13-7-10)18(2,15)16/h5-7,9,11,14H,3-4,8H2,1-2H3. The molecule has 0 saturated heterocycles. The summed E-state index contributed by atoms with van der Waals surface area (Å²) < 4.78 is 27.7. The van der Waals surface area contributed by atoms with Gasteiger partial charge >= 0.3 is 0 Å². The summed E-state index contributed by atoms with van der Waals surface area (Å²) in [7, 11) is -1.54. The lowest BCUT2D eigenvalue weighted by Crippen LogP contribution is -2.27. The number of pyridine rings is 1. The smallest absolute Gasteiger partial charge is 0.192 e. The van der Waals surface area contributed by atoms with Crippen LogP contribution in [0.2, 0.25) is 0 Å². The molecule has 1 heterocycles. The van der Waals surface area contributed by atoms with Crippen LogP contribution >= 0.6 is 0 Å². The van der Waals surface area contributed by atoms with Crippen molar-refractivity contribution in [3.8, 4) is 0 Å². The molecule has 0 amide bonds. The minimum Gasteiger partial charge on any atom is -0.383 e. The molecule has 0 radical (unpaired) electrons. The lowest BCUT2D eigenvalue weighted by molar-refractivity contribution is 0.179. The molecular weight excluding hydrogens is 252 g/mol. The number of methoxy groups -OCH3 is 1. The van der Waals surface area contributed by atoms with E-state index < -0.39 is 9.84 Å². The Morgan fingerprint density at radius 3 is 2.67 bits per heavy atom. The van der Waals surface area contributed by atoms with Gasteiger partial charge in [0.1, 0.15) is 0 Å². The Kier molecular flexibility index (Phi) is 3.87. The van der Waals surface area contributed by atoms with E-state index in [9.17, 15) is 8.42 Å². The van der Waals surface area contributed by atoms with Gasteiger partial charge in [0.25, 0.3) is 0 Å². The molecule has 1 aromatic heterocycles. The minimum atomic E-state index is -3.23. The van der Waals surface area contributed by atoms with Crippen molar-refractivity contribution < 1.29 is 13.2 Å². The Balaban J connectivity index is 2.05. The van der Waals surface area contributed by atoms with Crippen LogP contribution < -0.4 is 5.32 Å². The lowest BCUT2D eigenvalue weighted by atomic mass is 10.2. The zero-order valence-corrected chi connectivity index (χ0v) is 11.4. The quantitative estimate of drug-likeness (QED) is 0.844. The Hall–Kier alpha value is -1.14. The Bertz CT molecular complexity index is 495. The van der Waals surface area contributed by atoms with Gasteiger partial charge in [-0.3, -0.25) is 0 Å². The minimum absolute atomic E-state index is 0.0998. The SMILES string of the molecule is COCC(Nc1ccc(S(C)(=O)=O)nc1)C1CC1. The van der Waals surface area contributed by atoms with E-state index in [-0.39, 0.29) is 11.1 Å². The van der Waals surface area contributed by atoms with E-state index in [0.717, 1.165) is 11.9 Å². The molecule has 5 nitrogen and oxygen atoms in total. The molecule has 0 aromatic carbocycles. The van der Waals surface area contributed by atoms with E-state index in [2.05, 4.69) is 10.3 Å². The van der Waals surface area contributed by atoms with Gasteiger partial charge in [-0.15, -0.1) is 0 Å². The Labute approximate surface area is 107 Å². The normalized spacial score (nSPS) is 17.4. The topological polar surface area (TPSA) is 68.3 Å². The molecule has 100 valence electrons. The molecule has 1 atom stereocenters. The lowest BCUT2D eigenvalue weighted by Gasteiger charge is -2.18. The van der Waals surface area contributed by atoms with Crippen LogP contribution in [0.4, 0.5) is 5.69 Å². The average molecular weight is 270 g/mol. The van der Waals surface area contributed by atoms with Gasteiger partial charge in [-0.2, -0.15) is 0 Å². The van der Waals surface area contributed by atoms with Crippen molar-refractivity contribution in [3.63, 3.8) is 0 Å². The van der Waals surface area contributed by atoms with Crippen molar-refractivity contribution >= 4 is 15.5 Å². The summed E-state index contributed by atoms with van der Waals surface area (Å²) in [5.41, 5.74) is 0.830. The molecule has 1 N–H and O–H groups in total. The summed E-state index contributed by atoms with van der Waals surface area (Å²) in [5.74, 6) is 0.652. The highest BCUT2D eigenvalue weighted by Gasteiger charge is 2.31. The molecule has 0 bridgehead atoms. The zero-order chi connectivity index (χ0) is 13.2. The van der Waals surface area contributed by atoms with E-state index in [1.165, 1.54) is 18.9 Å². The van der Waals surface area contributed by atoms with Crippen LogP contribution in [0.25, 0.3) is 0 Å². The van der Waals surface area contributed by atoms with Crippen molar-refractivity contribution in [1.29, 1.82) is 0 Å². The second kappa shape index (κ2) is 5.24. The molecular formula is C12H18N2O3S. The van der Waals surface area contributed by atoms with Crippen molar-refractivity contribution in [2.45, 2.75) is 23.9 Å². The third-order valence-electron chi connectivity index (χ3n) is 3.01. The molecule has 1 fully saturated rings. The maximum absolute atomic E-state index is 11.3. The molecule has 18 heavy (non-hydrogen) atoms. The van der Waals surface area contributed by atoms with Gasteiger partial charge in [0, 0.05) is 13.4 Å². The van der Waals surface area contributed by atoms with Crippen molar-refractivity contribution in [1.82, 2.24) is 4.98 Å². The number of anilines is 1. The number of hydrogen-bond acceptors (Lipinski definition) is 5. The largest absolute Gasteiger partial charge is 0.383 e. The molecule has 2 rings (SSSR count). The van der Waals surface area contributed by atoms with Crippen molar-refractivity contribution in [2.75, 3.05) is 25.3 Å². The molecule has 1 aromatic rings. The number of ether oxygens (including phenoxy) is 1. The van der Waals surface area contributed by atoms with Crippen LogP contribution in [0.5, 0.6) is 0 Å². The van der Waals surface area contributed by atoms with Crippen LogP contribution in [0.1, 0.15) is 12.8 Å². The van der Waals surface area contributed by atoms with Crippen LogP contribution in [0.3, 0.4) is 0 Å². The summed E-state index contributed by atoms with van der Waals surface area (Å²) in [6, 6.07) is 3.55. The van der Waals surface area contributed by atoms with E-state index >= 15 is 0 Å². The maximum Gasteiger partial charge on any atom is 0.192 e. The van der Waals surface area contributed by atoms with Crippen LogP contribution in [-0.2, 0) is 14.6 Å². The highest BCUT2D eigenvalue weighted by atomic mass is 32.2.